The van der Waals surface area contributed by atoms with Gasteiger partial charge in [0.25, 0.3) is 0 Å². The summed E-state index contributed by atoms with van der Waals surface area (Å²) in [5.74, 6) is 0.196. The lowest BCUT2D eigenvalue weighted by Crippen LogP contribution is -2.25. The van der Waals surface area contributed by atoms with E-state index >= 15 is 0 Å². The predicted octanol–water partition coefficient (Wildman–Crippen LogP) is 0.945. The summed E-state index contributed by atoms with van der Waals surface area (Å²) < 4.78 is 24.1. The van der Waals surface area contributed by atoms with Crippen LogP contribution in [0, 0.1) is 5.92 Å². The van der Waals surface area contributed by atoms with Crippen LogP contribution in [0.4, 0.5) is 0 Å². The molecule has 0 radical (unpaired) electrons. The van der Waals surface area contributed by atoms with E-state index in [1.807, 2.05) is 6.07 Å². The molecule has 0 aliphatic heterocycles. The molecule has 0 saturated heterocycles. The van der Waals surface area contributed by atoms with Crippen molar-refractivity contribution in [3.8, 4) is 0 Å². The number of rotatable bonds is 6. The van der Waals surface area contributed by atoms with Crippen LogP contribution in [0.15, 0.2) is 29.2 Å². The van der Waals surface area contributed by atoms with Gasteiger partial charge in [-0.05, 0) is 57.0 Å². The fraction of sp³-hybridized carbons (Fsp3) is 0.538. The van der Waals surface area contributed by atoms with E-state index in [4.69, 9.17) is 11.5 Å². The molecule has 0 aliphatic rings. The van der Waals surface area contributed by atoms with Crippen LogP contribution < -0.4 is 11.5 Å². The molecule has 0 aliphatic carbocycles. The Balaban J connectivity index is 3.00. The summed E-state index contributed by atoms with van der Waals surface area (Å²) in [4.78, 5) is 0.378. The van der Waals surface area contributed by atoms with Crippen LogP contribution >= 0.6 is 0 Å². The van der Waals surface area contributed by atoms with Crippen molar-refractivity contribution >= 4 is 9.84 Å². The van der Waals surface area contributed by atoms with Gasteiger partial charge >= 0.3 is 0 Å². The molecule has 1 rings (SSSR count). The summed E-state index contributed by atoms with van der Waals surface area (Å²) in [6.45, 7) is 4.39. The molecule has 1 aromatic rings. The molecule has 1 aromatic carbocycles. The summed E-state index contributed by atoms with van der Waals surface area (Å²) in [5, 5.41) is -0.410. The van der Waals surface area contributed by atoms with Crippen molar-refractivity contribution in [3.63, 3.8) is 0 Å². The zero-order valence-electron chi connectivity index (χ0n) is 11.0. The normalized spacial score (nSPS) is 12.3. The lowest BCUT2D eigenvalue weighted by molar-refractivity contribution is 0.547. The van der Waals surface area contributed by atoms with Crippen LogP contribution in [0.2, 0.25) is 0 Å². The molecule has 4 nitrogen and oxygen atoms in total. The van der Waals surface area contributed by atoms with Gasteiger partial charge in [-0.25, -0.2) is 8.42 Å². The smallest absolute Gasteiger partial charge is 0.180 e. The van der Waals surface area contributed by atoms with Crippen molar-refractivity contribution in [2.24, 2.45) is 17.4 Å². The van der Waals surface area contributed by atoms with Crippen LogP contribution in [0.5, 0.6) is 0 Å². The molecule has 5 heteroatoms. The number of benzene rings is 1. The lowest BCUT2D eigenvalue weighted by Gasteiger charge is -2.13. The molecular weight excluding hydrogens is 248 g/mol. The zero-order chi connectivity index (χ0) is 13.8. The number of hydrogen-bond acceptors (Lipinski definition) is 4. The highest BCUT2D eigenvalue weighted by molar-refractivity contribution is 7.92. The topological polar surface area (TPSA) is 86.2 Å². The Labute approximate surface area is 109 Å². The van der Waals surface area contributed by atoms with Crippen molar-refractivity contribution in [1.82, 2.24) is 0 Å². The Morgan fingerprint density at radius 1 is 1.17 bits per heavy atom. The average molecular weight is 270 g/mol. The fourth-order valence-electron chi connectivity index (χ4n) is 1.72. The van der Waals surface area contributed by atoms with Crippen LogP contribution in [0.3, 0.4) is 0 Å². The maximum absolute atomic E-state index is 12.1. The third kappa shape index (κ3) is 3.54. The molecule has 0 unspecified atom stereocenters. The molecule has 0 aromatic heterocycles. The molecule has 102 valence electrons. The van der Waals surface area contributed by atoms with Gasteiger partial charge in [0.2, 0.25) is 0 Å². The number of sulfone groups is 1. The molecule has 0 saturated carbocycles. The maximum Gasteiger partial charge on any atom is 0.180 e. The largest absolute Gasteiger partial charge is 0.330 e. The third-order valence-electron chi connectivity index (χ3n) is 3.04. The molecule has 0 amide bonds. The van der Waals surface area contributed by atoms with E-state index in [2.05, 4.69) is 0 Å². The Morgan fingerprint density at radius 3 is 2.28 bits per heavy atom. The van der Waals surface area contributed by atoms with E-state index < -0.39 is 15.1 Å². The minimum atomic E-state index is -3.21. The Bertz CT molecular complexity index is 480. The van der Waals surface area contributed by atoms with Crippen molar-refractivity contribution in [2.75, 3.05) is 13.1 Å². The summed E-state index contributed by atoms with van der Waals surface area (Å²) in [6, 6.07) is 7.05. The summed E-state index contributed by atoms with van der Waals surface area (Å²) in [6.07, 6.45) is 0.717. The standard InChI is InChI=1S/C13H22N2O2S/c1-10(2)18(16,17)13-5-3-4-11(7-13)6-12(8-14)9-15/h3-5,7,10,12H,6,8-9,14-15H2,1-2H3. The first-order valence-corrected chi connectivity index (χ1v) is 7.69. The highest BCUT2D eigenvalue weighted by Gasteiger charge is 2.19. The van der Waals surface area contributed by atoms with E-state index in [0.717, 1.165) is 5.56 Å². The Hall–Kier alpha value is -0.910. The third-order valence-corrected chi connectivity index (χ3v) is 5.19. The monoisotopic (exact) mass is 270 g/mol. The second-order valence-corrected chi connectivity index (χ2v) is 7.29. The van der Waals surface area contributed by atoms with Gasteiger partial charge in [0, 0.05) is 0 Å². The summed E-state index contributed by atoms with van der Waals surface area (Å²) in [5.41, 5.74) is 12.2. The molecule has 0 bridgehead atoms. The van der Waals surface area contributed by atoms with Gasteiger partial charge in [-0.3, -0.25) is 0 Å². The van der Waals surface area contributed by atoms with Gasteiger partial charge in [-0.1, -0.05) is 12.1 Å². The van der Waals surface area contributed by atoms with E-state index in [9.17, 15) is 8.42 Å². The minimum absolute atomic E-state index is 0.196. The van der Waals surface area contributed by atoms with Crippen molar-refractivity contribution in [3.05, 3.63) is 29.8 Å². The lowest BCUT2D eigenvalue weighted by atomic mass is 10.00. The second-order valence-electron chi connectivity index (χ2n) is 4.78. The maximum atomic E-state index is 12.1. The van der Waals surface area contributed by atoms with Gasteiger partial charge in [-0.2, -0.15) is 0 Å². The molecule has 0 atom stereocenters. The zero-order valence-corrected chi connectivity index (χ0v) is 11.8. The van der Waals surface area contributed by atoms with E-state index in [1.165, 1.54) is 0 Å². The second kappa shape index (κ2) is 6.31. The van der Waals surface area contributed by atoms with Gasteiger partial charge in [0.15, 0.2) is 9.84 Å². The quantitative estimate of drug-likeness (QED) is 0.805. The van der Waals surface area contributed by atoms with E-state index in [0.29, 0.717) is 24.4 Å². The van der Waals surface area contributed by atoms with Crippen molar-refractivity contribution < 1.29 is 8.42 Å². The summed E-state index contributed by atoms with van der Waals surface area (Å²) >= 11 is 0. The first kappa shape index (κ1) is 15.1. The van der Waals surface area contributed by atoms with Crippen molar-refractivity contribution in [1.29, 1.82) is 0 Å². The van der Waals surface area contributed by atoms with Crippen LogP contribution in [0.25, 0.3) is 0 Å². The molecule has 0 heterocycles. The van der Waals surface area contributed by atoms with E-state index in [-0.39, 0.29) is 5.92 Å². The molecule has 4 N–H and O–H groups in total. The fourth-order valence-corrected chi connectivity index (χ4v) is 2.85. The first-order valence-electron chi connectivity index (χ1n) is 6.14. The van der Waals surface area contributed by atoms with Gasteiger partial charge in [0.1, 0.15) is 0 Å². The van der Waals surface area contributed by atoms with Crippen molar-refractivity contribution in [2.45, 2.75) is 30.4 Å². The minimum Gasteiger partial charge on any atom is -0.330 e. The Morgan fingerprint density at radius 2 is 1.78 bits per heavy atom. The van der Waals surface area contributed by atoms with E-state index in [1.54, 1.807) is 32.0 Å². The average Bonchev–Trinajstić information content (AvgIpc) is 2.36. The molecule has 18 heavy (non-hydrogen) atoms. The first-order chi connectivity index (χ1) is 8.41. The van der Waals surface area contributed by atoms with Crippen LogP contribution in [-0.2, 0) is 16.3 Å². The highest BCUT2D eigenvalue weighted by Crippen LogP contribution is 2.18. The van der Waals surface area contributed by atoms with Gasteiger partial charge in [0.05, 0.1) is 10.1 Å². The predicted molar refractivity (Wildman–Crippen MR) is 74.1 cm³/mol. The Kier molecular flexibility index (Phi) is 5.31. The SMILES string of the molecule is CC(C)S(=O)(=O)c1cccc(CC(CN)CN)c1. The van der Waals surface area contributed by atoms with Crippen LogP contribution in [0.1, 0.15) is 19.4 Å². The highest BCUT2D eigenvalue weighted by atomic mass is 32.2. The molecule has 0 fully saturated rings. The number of nitrogens with two attached hydrogens (primary N) is 2. The number of hydrogen-bond donors (Lipinski definition) is 2. The molecular formula is C13H22N2O2S. The van der Waals surface area contributed by atoms with Gasteiger partial charge in [-0.15, -0.1) is 0 Å². The van der Waals surface area contributed by atoms with Crippen LogP contribution in [-0.4, -0.2) is 26.8 Å². The van der Waals surface area contributed by atoms with Gasteiger partial charge < -0.3 is 11.5 Å². The summed E-state index contributed by atoms with van der Waals surface area (Å²) in [7, 11) is -3.21. The molecule has 0 spiro atoms.